The van der Waals surface area contributed by atoms with Crippen LogP contribution in [-0.2, 0) is 11.3 Å². The molecule has 0 radical (unpaired) electrons. The van der Waals surface area contributed by atoms with E-state index in [4.69, 9.17) is 9.47 Å². The Kier molecular flexibility index (Phi) is 7.23. The maximum absolute atomic E-state index is 15.0. The summed E-state index contributed by atoms with van der Waals surface area (Å²) in [5.41, 5.74) is 2.06. The number of aromatic nitrogens is 1. The molecule has 0 unspecified atom stereocenters. The first-order valence-corrected chi connectivity index (χ1v) is 11.3. The molecule has 0 aliphatic carbocycles. The van der Waals surface area contributed by atoms with Crippen LogP contribution in [0.1, 0.15) is 19.4 Å². The second-order valence-corrected chi connectivity index (χ2v) is 8.73. The summed E-state index contributed by atoms with van der Waals surface area (Å²) in [5, 5.41) is 0. The predicted molar refractivity (Wildman–Crippen MR) is 121 cm³/mol. The third kappa shape index (κ3) is 5.03. The highest BCUT2D eigenvalue weighted by atomic mass is 19.1. The molecule has 3 heterocycles. The van der Waals surface area contributed by atoms with E-state index in [-0.39, 0.29) is 17.5 Å². The monoisotopic (exact) mass is 446 g/mol. The Morgan fingerprint density at radius 3 is 2.47 bits per heavy atom. The molecule has 0 atom stereocenters. The van der Waals surface area contributed by atoms with Gasteiger partial charge in [0, 0.05) is 64.2 Å². The first-order chi connectivity index (χ1) is 15.5. The van der Waals surface area contributed by atoms with Crippen molar-refractivity contribution in [3.8, 4) is 17.0 Å². The zero-order valence-corrected chi connectivity index (χ0v) is 19.1. The van der Waals surface area contributed by atoms with Crippen LogP contribution in [0.3, 0.4) is 0 Å². The second-order valence-electron chi connectivity index (χ2n) is 8.73. The van der Waals surface area contributed by atoms with Gasteiger partial charge in [-0.25, -0.2) is 8.78 Å². The average molecular weight is 447 g/mol. The quantitative estimate of drug-likeness (QED) is 0.650. The number of methoxy groups -OCH3 is 1. The minimum Gasteiger partial charge on any atom is -0.486 e. The van der Waals surface area contributed by atoms with Crippen molar-refractivity contribution in [2.24, 2.45) is 0 Å². The molecule has 2 aromatic rings. The number of pyridine rings is 1. The van der Waals surface area contributed by atoms with Gasteiger partial charge >= 0.3 is 0 Å². The maximum atomic E-state index is 15.0. The highest BCUT2D eigenvalue weighted by Crippen LogP contribution is 2.39. The van der Waals surface area contributed by atoms with Crippen LogP contribution >= 0.6 is 0 Å². The number of anilines is 1. The van der Waals surface area contributed by atoms with Gasteiger partial charge in [-0.05, 0) is 37.6 Å². The van der Waals surface area contributed by atoms with Gasteiger partial charge in [-0.15, -0.1) is 0 Å². The molecule has 2 aliphatic heterocycles. The van der Waals surface area contributed by atoms with Gasteiger partial charge in [0.2, 0.25) is 0 Å². The van der Waals surface area contributed by atoms with Gasteiger partial charge in [0.05, 0.1) is 18.8 Å². The third-order valence-corrected chi connectivity index (χ3v) is 6.19. The van der Waals surface area contributed by atoms with E-state index in [9.17, 15) is 4.39 Å². The Bertz CT molecular complexity index is 932. The van der Waals surface area contributed by atoms with Crippen LogP contribution in [0.15, 0.2) is 24.4 Å². The number of halogens is 2. The summed E-state index contributed by atoms with van der Waals surface area (Å²) < 4.78 is 40.5. The van der Waals surface area contributed by atoms with E-state index in [1.807, 2.05) is 13.8 Å². The fourth-order valence-corrected chi connectivity index (χ4v) is 4.40. The molecule has 0 spiro atoms. The molecule has 2 aliphatic rings. The van der Waals surface area contributed by atoms with Crippen molar-refractivity contribution in [1.82, 2.24) is 14.8 Å². The summed E-state index contributed by atoms with van der Waals surface area (Å²) in [6.07, 6.45) is 1.70. The molecule has 1 fully saturated rings. The molecule has 174 valence electrons. The van der Waals surface area contributed by atoms with E-state index >= 15 is 4.39 Å². The molecular weight excluding hydrogens is 414 g/mol. The lowest BCUT2D eigenvalue weighted by Crippen LogP contribution is -2.46. The van der Waals surface area contributed by atoms with E-state index in [0.717, 1.165) is 44.9 Å². The fraction of sp³-hybridized carbons (Fsp3) is 0.542. The topological polar surface area (TPSA) is 41.1 Å². The van der Waals surface area contributed by atoms with Crippen LogP contribution in [0.2, 0.25) is 0 Å². The van der Waals surface area contributed by atoms with E-state index in [0.29, 0.717) is 30.9 Å². The molecule has 0 amide bonds. The van der Waals surface area contributed by atoms with Gasteiger partial charge in [-0.3, -0.25) is 14.8 Å². The van der Waals surface area contributed by atoms with Crippen molar-refractivity contribution in [1.29, 1.82) is 0 Å². The number of fused-ring (bicyclic) bond motifs is 1. The van der Waals surface area contributed by atoms with Gasteiger partial charge in [0.1, 0.15) is 18.1 Å². The van der Waals surface area contributed by atoms with Crippen LogP contribution < -0.4 is 9.64 Å². The first kappa shape index (κ1) is 22.9. The highest BCUT2D eigenvalue weighted by molar-refractivity contribution is 5.72. The maximum Gasteiger partial charge on any atom is 0.178 e. The minimum atomic E-state index is -0.487. The zero-order chi connectivity index (χ0) is 22.7. The first-order valence-electron chi connectivity index (χ1n) is 11.3. The molecule has 6 nitrogen and oxygen atoms in total. The molecule has 0 saturated carbocycles. The summed E-state index contributed by atoms with van der Waals surface area (Å²) in [5.74, 6) is -0.691. The molecule has 1 saturated heterocycles. The Morgan fingerprint density at radius 1 is 1.03 bits per heavy atom. The Hall–Kier alpha value is -2.29. The Labute approximate surface area is 188 Å². The van der Waals surface area contributed by atoms with Crippen molar-refractivity contribution < 1.29 is 18.3 Å². The number of piperazine rings is 1. The van der Waals surface area contributed by atoms with Gasteiger partial charge in [-0.1, -0.05) is 0 Å². The number of nitrogens with zero attached hydrogens (tertiary/aromatic N) is 4. The summed E-state index contributed by atoms with van der Waals surface area (Å²) in [7, 11) is 1.72. The minimum absolute atomic E-state index is 0.161. The summed E-state index contributed by atoms with van der Waals surface area (Å²) in [6.45, 7) is 11.3. The lowest BCUT2D eigenvalue weighted by atomic mass is 10.1. The van der Waals surface area contributed by atoms with E-state index < -0.39 is 11.6 Å². The SMILES string of the molecule is COCCN1CCN(Cc2cnc(-c3cc(F)c4c(c3)N(C(C)C)CCO4)c(F)c2)CC1. The molecule has 0 bridgehead atoms. The lowest BCUT2D eigenvalue weighted by molar-refractivity contribution is 0.0937. The molecule has 1 aromatic heterocycles. The number of hydrogen-bond acceptors (Lipinski definition) is 6. The highest BCUT2D eigenvalue weighted by Gasteiger charge is 2.25. The molecule has 1 aromatic carbocycles. The Balaban J connectivity index is 1.48. The second kappa shape index (κ2) is 10.1. The molecule has 32 heavy (non-hydrogen) atoms. The van der Waals surface area contributed by atoms with Gasteiger partial charge in [0.25, 0.3) is 0 Å². The summed E-state index contributed by atoms with van der Waals surface area (Å²) >= 11 is 0. The van der Waals surface area contributed by atoms with Crippen molar-refractivity contribution in [2.75, 3.05) is 64.5 Å². The standard InChI is InChI=1S/C24H32F2N4O2/c1-17(2)30-9-11-32-24-21(26)13-19(14-22(24)30)23-20(25)12-18(15-27-23)16-29-6-4-28(5-7-29)8-10-31-3/h12-15,17H,4-11,16H2,1-3H3. The van der Waals surface area contributed by atoms with Crippen molar-refractivity contribution in [3.05, 3.63) is 41.6 Å². The zero-order valence-electron chi connectivity index (χ0n) is 19.1. The van der Waals surface area contributed by atoms with Crippen LogP contribution in [0, 0.1) is 11.6 Å². The average Bonchev–Trinajstić information content (AvgIpc) is 2.78. The number of rotatable bonds is 7. The van der Waals surface area contributed by atoms with Gasteiger partial charge in [-0.2, -0.15) is 0 Å². The molecule has 0 N–H and O–H groups in total. The fourth-order valence-electron chi connectivity index (χ4n) is 4.40. The van der Waals surface area contributed by atoms with Crippen LogP contribution in [0.4, 0.5) is 14.5 Å². The van der Waals surface area contributed by atoms with Crippen molar-refractivity contribution in [3.63, 3.8) is 0 Å². The van der Waals surface area contributed by atoms with Crippen LogP contribution in [0.5, 0.6) is 5.75 Å². The summed E-state index contributed by atoms with van der Waals surface area (Å²) in [6, 6.07) is 4.80. The van der Waals surface area contributed by atoms with Crippen LogP contribution in [-0.4, -0.2) is 80.4 Å². The van der Waals surface area contributed by atoms with Crippen molar-refractivity contribution in [2.45, 2.75) is 26.4 Å². The molecule has 8 heteroatoms. The Morgan fingerprint density at radius 2 is 1.78 bits per heavy atom. The summed E-state index contributed by atoms with van der Waals surface area (Å²) in [4.78, 5) is 11.1. The van der Waals surface area contributed by atoms with Gasteiger partial charge < -0.3 is 14.4 Å². The largest absolute Gasteiger partial charge is 0.486 e. The third-order valence-electron chi connectivity index (χ3n) is 6.19. The normalized spacial score (nSPS) is 17.5. The number of hydrogen-bond donors (Lipinski definition) is 0. The smallest absolute Gasteiger partial charge is 0.178 e. The number of benzene rings is 1. The van der Waals surface area contributed by atoms with E-state index in [1.54, 1.807) is 19.4 Å². The molecular formula is C24H32F2N4O2. The molecule has 4 rings (SSSR count). The lowest BCUT2D eigenvalue weighted by Gasteiger charge is -2.35. The van der Waals surface area contributed by atoms with E-state index in [1.165, 1.54) is 12.1 Å². The van der Waals surface area contributed by atoms with E-state index in [2.05, 4.69) is 19.7 Å². The van der Waals surface area contributed by atoms with Crippen molar-refractivity contribution >= 4 is 5.69 Å². The van der Waals surface area contributed by atoms with Gasteiger partial charge in [0.15, 0.2) is 11.6 Å². The van der Waals surface area contributed by atoms with Crippen LogP contribution in [0.25, 0.3) is 11.3 Å². The number of ether oxygens (including phenoxy) is 2. The predicted octanol–water partition coefficient (Wildman–Crippen LogP) is 3.40.